The Labute approximate surface area is 208 Å². The fourth-order valence-corrected chi connectivity index (χ4v) is 7.32. The average Bonchev–Trinajstić information content (AvgIpc) is 3.28. The molecule has 1 fully saturated rings. The van der Waals surface area contributed by atoms with E-state index >= 15 is 0 Å². The van der Waals surface area contributed by atoms with Crippen molar-refractivity contribution in [2.45, 2.75) is 29.4 Å². The predicted molar refractivity (Wildman–Crippen MR) is 133 cm³/mol. The van der Waals surface area contributed by atoms with Gasteiger partial charge in [-0.15, -0.1) is 11.3 Å². The third-order valence-electron chi connectivity index (χ3n) is 5.71. The number of aromatic nitrogens is 1. The molecule has 0 amide bonds. The van der Waals surface area contributed by atoms with Crippen LogP contribution < -0.4 is 14.4 Å². The number of hydrogen-bond acceptors (Lipinski definition) is 7. The molecule has 0 spiro atoms. The Kier molecular flexibility index (Phi) is 7.38. The molecule has 1 saturated heterocycles. The van der Waals surface area contributed by atoms with Gasteiger partial charge in [0.1, 0.15) is 11.5 Å². The van der Waals surface area contributed by atoms with Crippen LogP contribution in [0.2, 0.25) is 10.0 Å². The van der Waals surface area contributed by atoms with Gasteiger partial charge in [0.05, 0.1) is 40.1 Å². The standard InChI is InChI=1S/C23H24Cl2N2O4S2/c1-30-17-11-15(12-18(13-17)31-2)10-16-14-32-23(26-16)27-8-6-19(7-9-27)33(28,29)21-5-3-4-20(24)22(21)25/h3-5,11-14,19H,6-10H2,1-2H3. The van der Waals surface area contributed by atoms with Gasteiger partial charge >= 0.3 is 0 Å². The number of piperidine rings is 1. The predicted octanol–water partition coefficient (Wildman–Crippen LogP) is 5.50. The van der Waals surface area contributed by atoms with E-state index in [2.05, 4.69) is 4.90 Å². The Hall–Kier alpha value is -2.00. The molecule has 2 heterocycles. The van der Waals surface area contributed by atoms with Gasteiger partial charge in [-0.1, -0.05) is 29.3 Å². The first-order chi connectivity index (χ1) is 15.8. The molecule has 176 valence electrons. The van der Waals surface area contributed by atoms with Crippen LogP contribution in [-0.2, 0) is 16.3 Å². The van der Waals surface area contributed by atoms with Crippen molar-refractivity contribution in [3.8, 4) is 11.5 Å². The third-order valence-corrected chi connectivity index (χ3v) is 9.89. The van der Waals surface area contributed by atoms with Crippen LogP contribution in [0.25, 0.3) is 0 Å². The van der Waals surface area contributed by atoms with Crippen LogP contribution in [0.3, 0.4) is 0 Å². The first-order valence-electron chi connectivity index (χ1n) is 10.4. The van der Waals surface area contributed by atoms with Crippen LogP contribution in [0.5, 0.6) is 11.5 Å². The van der Waals surface area contributed by atoms with Gasteiger partial charge in [0, 0.05) is 31.0 Å². The zero-order chi connectivity index (χ0) is 23.6. The van der Waals surface area contributed by atoms with Crippen molar-refractivity contribution in [3.63, 3.8) is 0 Å². The fourth-order valence-electron chi connectivity index (χ4n) is 3.94. The highest BCUT2D eigenvalue weighted by Gasteiger charge is 2.33. The quantitative estimate of drug-likeness (QED) is 0.404. The topological polar surface area (TPSA) is 68.7 Å². The first-order valence-corrected chi connectivity index (χ1v) is 13.6. The van der Waals surface area contributed by atoms with Crippen molar-refractivity contribution in [3.05, 3.63) is 63.1 Å². The molecule has 0 radical (unpaired) electrons. The Morgan fingerprint density at radius 2 is 1.76 bits per heavy atom. The summed E-state index contributed by atoms with van der Waals surface area (Å²) in [5, 5.41) is 2.79. The lowest BCUT2D eigenvalue weighted by atomic mass is 10.1. The number of benzene rings is 2. The highest BCUT2D eigenvalue weighted by molar-refractivity contribution is 7.92. The molecular formula is C23H24Cl2N2O4S2. The summed E-state index contributed by atoms with van der Waals surface area (Å²) < 4.78 is 36.9. The van der Waals surface area contributed by atoms with Crippen LogP contribution >= 0.6 is 34.5 Å². The van der Waals surface area contributed by atoms with Crippen LogP contribution in [-0.4, -0.2) is 46.0 Å². The second-order valence-corrected chi connectivity index (χ2v) is 11.6. The summed E-state index contributed by atoms with van der Waals surface area (Å²) >= 11 is 13.8. The molecule has 10 heteroatoms. The number of methoxy groups -OCH3 is 2. The molecule has 3 aromatic rings. The minimum atomic E-state index is -3.55. The minimum Gasteiger partial charge on any atom is -0.497 e. The molecular weight excluding hydrogens is 503 g/mol. The van der Waals surface area contributed by atoms with E-state index in [1.165, 1.54) is 6.07 Å². The van der Waals surface area contributed by atoms with E-state index < -0.39 is 15.1 Å². The average molecular weight is 527 g/mol. The Morgan fingerprint density at radius 3 is 2.39 bits per heavy atom. The third kappa shape index (κ3) is 5.24. The van der Waals surface area contributed by atoms with E-state index in [1.807, 2.05) is 23.6 Å². The summed E-state index contributed by atoms with van der Waals surface area (Å²) in [5.41, 5.74) is 2.00. The molecule has 6 nitrogen and oxygen atoms in total. The maximum Gasteiger partial charge on any atom is 0.185 e. The number of anilines is 1. The van der Waals surface area contributed by atoms with Gasteiger partial charge in [0.15, 0.2) is 15.0 Å². The smallest absolute Gasteiger partial charge is 0.185 e. The first kappa shape index (κ1) is 24.1. The Balaban J connectivity index is 1.43. The highest BCUT2D eigenvalue weighted by Crippen LogP contribution is 2.35. The Bertz CT molecular complexity index is 1220. The van der Waals surface area contributed by atoms with Crippen molar-refractivity contribution in [2.75, 3.05) is 32.2 Å². The number of nitrogens with zero attached hydrogens (tertiary/aromatic N) is 2. The van der Waals surface area contributed by atoms with Crippen LogP contribution in [0.15, 0.2) is 46.7 Å². The molecule has 1 aromatic heterocycles. The van der Waals surface area contributed by atoms with Gasteiger partial charge in [-0.25, -0.2) is 13.4 Å². The molecule has 2 aromatic carbocycles. The van der Waals surface area contributed by atoms with Crippen LogP contribution in [0.4, 0.5) is 5.13 Å². The summed E-state index contributed by atoms with van der Waals surface area (Å²) in [5.74, 6) is 1.48. The number of sulfone groups is 1. The van der Waals surface area contributed by atoms with Gasteiger partial charge in [0.2, 0.25) is 0 Å². The second-order valence-electron chi connectivity index (χ2n) is 7.80. The van der Waals surface area contributed by atoms with E-state index in [0.717, 1.165) is 27.9 Å². The van der Waals surface area contributed by atoms with Crippen molar-refractivity contribution in [1.29, 1.82) is 0 Å². The number of hydrogen-bond donors (Lipinski definition) is 0. The summed E-state index contributed by atoms with van der Waals surface area (Å²) in [4.78, 5) is 7.04. The zero-order valence-electron chi connectivity index (χ0n) is 18.3. The fraction of sp³-hybridized carbons (Fsp3) is 0.348. The summed E-state index contributed by atoms with van der Waals surface area (Å²) in [7, 11) is -0.296. The second kappa shape index (κ2) is 10.1. The summed E-state index contributed by atoms with van der Waals surface area (Å²) in [6.07, 6.45) is 1.67. The summed E-state index contributed by atoms with van der Waals surface area (Å²) in [6.45, 7) is 1.23. The molecule has 0 saturated carbocycles. The molecule has 0 N–H and O–H groups in total. The normalized spacial score (nSPS) is 15.0. The van der Waals surface area contributed by atoms with Gasteiger partial charge in [-0.3, -0.25) is 0 Å². The lowest BCUT2D eigenvalue weighted by molar-refractivity contribution is 0.393. The monoisotopic (exact) mass is 526 g/mol. The van der Waals surface area contributed by atoms with Crippen LogP contribution in [0.1, 0.15) is 24.1 Å². The van der Waals surface area contributed by atoms with Gasteiger partial charge in [-0.2, -0.15) is 0 Å². The Morgan fingerprint density at radius 1 is 1.09 bits per heavy atom. The largest absolute Gasteiger partial charge is 0.497 e. The maximum absolute atomic E-state index is 13.1. The van der Waals surface area contributed by atoms with Gasteiger partial charge < -0.3 is 14.4 Å². The SMILES string of the molecule is COc1cc(Cc2csc(N3CCC(S(=O)(=O)c4cccc(Cl)c4Cl)CC3)n2)cc(OC)c1. The molecule has 0 unspecified atom stereocenters. The molecule has 1 aliphatic heterocycles. The van der Waals surface area contributed by atoms with E-state index in [0.29, 0.717) is 32.4 Å². The minimum absolute atomic E-state index is 0.0975. The van der Waals surface area contributed by atoms with Crippen molar-refractivity contribution in [2.24, 2.45) is 0 Å². The lowest BCUT2D eigenvalue weighted by Crippen LogP contribution is -2.39. The number of ether oxygens (including phenoxy) is 2. The van der Waals surface area contributed by atoms with Gasteiger partial charge in [-0.05, 0) is 42.7 Å². The number of halogens is 2. The van der Waals surface area contributed by atoms with Crippen molar-refractivity contribution >= 4 is 49.5 Å². The van der Waals surface area contributed by atoms with Crippen molar-refractivity contribution in [1.82, 2.24) is 4.98 Å². The molecule has 1 aliphatic rings. The van der Waals surface area contributed by atoms with E-state index in [4.69, 9.17) is 37.7 Å². The van der Waals surface area contributed by atoms with E-state index in [1.54, 1.807) is 37.7 Å². The number of thiazole rings is 1. The molecule has 0 atom stereocenters. The molecule has 33 heavy (non-hydrogen) atoms. The molecule has 0 aliphatic carbocycles. The highest BCUT2D eigenvalue weighted by atomic mass is 35.5. The molecule has 0 bridgehead atoms. The van der Waals surface area contributed by atoms with E-state index in [-0.39, 0.29) is 14.9 Å². The molecule has 4 rings (SSSR count). The zero-order valence-corrected chi connectivity index (χ0v) is 21.4. The van der Waals surface area contributed by atoms with Crippen molar-refractivity contribution < 1.29 is 17.9 Å². The van der Waals surface area contributed by atoms with E-state index in [9.17, 15) is 8.42 Å². The lowest BCUT2D eigenvalue weighted by Gasteiger charge is -2.31. The van der Waals surface area contributed by atoms with Crippen LogP contribution in [0, 0.1) is 0 Å². The van der Waals surface area contributed by atoms with Gasteiger partial charge in [0.25, 0.3) is 0 Å². The summed E-state index contributed by atoms with van der Waals surface area (Å²) in [6, 6.07) is 10.5. The number of rotatable bonds is 7. The maximum atomic E-state index is 13.1.